The van der Waals surface area contributed by atoms with Crippen LogP contribution in [0.2, 0.25) is 0 Å². The van der Waals surface area contributed by atoms with Crippen molar-refractivity contribution in [3.05, 3.63) is 0 Å². The third kappa shape index (κ3) is 7.23. The number of rotatable bonds is 7. The highest BCUT2D eigenvalue weighted by Gasteiger charge is 2.40. The predicted molar refractivity (Wildman–Crippen MR) is 128 cm³/mol. The second kappa shape index (κ2) is 12.8. The highest BCUT2D eigenvalue weighted by Crippen LogP contribution is 2.33. The zero-order valence-corrected chi connectivity index (χ0v) is 20.2. The Balaban J connectivity index is 0.00000261. The molecule has 0 spiro atoms. The Morgan fingerprint density at radius 2 is 1.96 bits per heavy atom. The normalized spacial score (nSPS) is 28.0. The summed E-state index contributed by atoms with van der Waals surface area (Å²) in [6, 6.07) is 0. The molecule has 3 aliphatic rings. The van der Waals surface area contributed by atoms with Crippen molar-refractivity contribution in [3.63, 3.8) is 0 Å². The molecule has 7 heteroatoms. The molecule has 0 bridgehead atoms. The van der Waals surface area contributed by atoms with Crippen molar-refractivity contribution in [2.45, 2.75) is 56.9 Å². The molecule has 0 aromatic rings. The number of nitrogens with one attached hydrogen (secondary N) is 2. The van der Waals surface area contributed by atoms with Crippen molar-refractivity contribution in [1.82, 2.24) is 15.5 Å². The van der Waals surface area contributed by atoms with Crippen molar-refractivity contribution in [2.24, 2.45) is 10.9 Å². The summed E-state index contributed by atoms with van der Waals surface area (Å²) in [5.41, 5.74) is 0.272. The molecule has 0 aromatic heterocycles. The minimum Gasteiger partial charge on any atom is -0.379 e. The van der Waals surface area contributed by atoms with Crippen molar-refractivity contribution in [2.75, 3.05) is 57.9 Å². The van der Waals surface area contributed by atoms with Gasteiger partial charge in [-0.25, -0.2) is 0 Å². The fourth-order valence-electron chi connectivity index (χ4n) is 4.68. The molecule has 2 aliphatic heterocycles. The highest BCUT2D eigenvalue weighted by atomic mass is 127. The average molecular weight is 511 g/mol. The Kier molecular flexibility index (Phi) is 11.1. The Bertz CT molecular complexity index is 434. The maximum absolute atomic E-state index is 5.56. The molecule has 1 aliphatic carbocycles. The number of thioether (sulfide) groups is 1. The maximum Gasteiger partial charge on any atom is 0.191 e. The first-order chi connectivity index (χ1) is 12.8. The van der Waals surface area contributed by atoms with Crippen molar-refractivity contribution in [3.8, 4) is 0 Å². The number of aliphatic imine (C=N–C) groups is 1. The van der Waals surface area contributed by atoms with Gasteiger partial charge in [0.05, 0.1) is 13.2 Å². The van der Waals surface area contributed by atoms with E-state index in [0.29, 0.717) is 0 Å². The first-order valence-electron chi connectivity index (χ1n) is 10.7. The molecule has 0 radical (unpaired) electrons. The molecule has 2 N–H and O–H groups in total. The lowest BCUT2D eigenvalue weighted by Crippen LogP contribution is -2.60. The molecule has 5 nitrogen and oxygen atoms in total. The largest absolute Gasteiger partial charge is 0.379 e. The highest BCUT2D eigenvalue weighted by molar-refractivity contribution is 14.0. The lowest BCUT2D eigenvalue weighted by atomic mass is 9.86. The summed E-state index contributed by atoms with van der Waals surface area (Å²) in [6.45, 7) is 5.91. The lowest BCUT2D eigenvalue weighted by molar-refractivity contribution is -0.0120. The van der Waals surface area contributed by atoms with Gasteiger partial charge in [-0.1, -0.05) is 32.1 Å². The molecule has 27 heavy (non-hydrogen) atoms. The summed E-state index contributed by atoms with van der Waals surface area (Å²) in [5.74, 6) is 4.43. The topological polar surface area (TPSA) is 48.9 Å². The van der Waals surface area contributed by atoms with E-state index in [9.17, 15) is 0 Å². The summed E-state index contributed by atoms with van der Waals surface area (Å²) in [6.07, 6.45) is 11.2. The third-order valence-corrected chi connectivity index (χ3v) is 7.61. The minimum atomic E-state index is 0. The molecule has 0 aromatic carbocycles. The molecule has 1 unspecified atom stereocenters. The number of nitrogens with zero attached hydrogens (tertiary/aromatic N) is 2. The number of halogens is 1. The standard InChI is InChI=1S/C20H38N4OS.HI/c1-21-19(22-10-5-8-18-6-3-2-4-7-18)23-16-20(9-15-26-17-20)24-11-13-25-14-12-24;/h18H,2-17H2,1H3,(H2,21,22,23);1H. The van der Waals surface area contributed by atoms with Gasteiger partial charge in [-0.05, 0) is 30.9 Å². The van der Waals surface area contributed by atoms with Crippen LogP contribution in [0.25, 0.3) is 0 Å². The second-order valence-electron chi connectivity index (χ2n) is 8.13. The van der Waals surface area contributed by atoms with Gasteiger partial charge >= 0.3 is 0 Å². The number of morpholine rings is 1. The maximum atomic E-state index is 5.56. The van der Waals surface area contributed by atoms with Gasteiger partial charge in [-0.3, -0.25) is 9.89 Å². The van der Waals surface area contributed by atoms with Crippen LogP contribution in [0.4, 0.5) is 0 Å². The zero-order chi connectivity index (χ0) is 18.1. The summed E-state index contributed by atoms with van der Waals surface area (Å²) < 4.78 is 5.56. The van der Waals surface area contributed by atoms with Crippen LogP contribution in [-0.4, -0.2) is 74.3 Å². The van der Waals surface area contributed by atoms with Crippen LogP contribution in [0.5, 0.6) is 0 Å². The number of hydrogen-bond donors (Lipinski definition) is 2. The third-order valence-electron chi connectivity index (χ3n) is 6.38. The van der Waals surface area contributed by atoms with Crippen LogP contribution in [-0.2, 0) is 4.74 Å². The fourth-order valence-corrected chi connectivity index (χ4v) is 6.15. The Morgan fingerprint density at radius 3 is 2.63 bits per heavy atom. The van der Waals surface area contributed by atoms with Gasteiger partial charge in [0.1, 0.15) is 0 Å². The molecule has 1 saturated carbocycles. The average Bonchev–Trinajstić information content (AvgIpc) is 3.19. The molecular formula is C20H39IN4OS. The first-order valence-corrected chi connectivity index (χ1v) is 11.8. The predicted octanol–water partition coefficient (Wildman–Crippen LogP) is 3.34. The number of hydrogen-bond acceptors (Lipinski definition) is 4. The van der Waals surface area contributed by atoms with Crippen molar-refractivity contribution >= 4 is 41.7 Å². The molecule has 2 saturated heterocycles. The van der Waals surface area contributed by atoms with E-state index in [-0.39, 0.29) is 29.5 Å². The zero-order valence-electron chi connectivity index (χ0n) is 17.0. The van der Waals surface area contributed by atoms with E-state index in [1.165, 1.54) is 62.9 Å². The van der Waals surface area contributed by atoms with E-state index < -0.39 is 0 Å². The SMILES string of the molecule is CN=C(NCCCC1CCCCC1)NCC1(N2CCOCC2)CCSC1.I. The molecule has 3 rings (SSSR count). The van der Waals surface area contributed by atoms with Crippen LogP contribution in [0.3, 0.4) is 0 Å². The van der Waals surface area contributed by atoms with Gasteiger partial charge in [-0.2, -0.15) is 11.8 Å². The van der Waals surface area contributed by atoms with Gasteiger partial charge in [0, 0.05) is 44.5 Å². The van der Waals surface area contributed by atoms with E-state index in [0.717, 1.165) is 51.3 Å². The quantitative estimate of drug-likeness (QED) is 0.238. The summed E-state index contributed by atoms with van der Waals surface area (Å²) in [4.78, 5) is 7.11. The van der Waals surface area contributed by atoms with Crippen LogP contribution >= 0.6 is 35.7 Å². The number of guanidine groups is 1. The Morgan fingerprint density at radius 1 is 1.19 bits per heavy atom. The van der Waals surface area contributed by atoms with Crippen LogP contribution in [0.15, 0.2) is 4.99 Å². The van der Waals surface area contributed by atoms with Crippen molar-refractivity contribution in [1.29, 1.82) is 0 Å². The molecule has 158 valence electrons. The summed E-state index contributed by atoms with van der Waals surface area (Å²) in [5, 5.41) is 7.17. The van der Waals surface area contributed by atoms with Crippen molar-refractivity contribution < 1.29 is 4.74 Å². The van der Waals surface area contributed by atoms with E-state index >= 15 is 0 Å². The molecule has 0 amide bonds. The molecule has 1 atom stereocenters. The van der Waals surface area contributed by atoms with E-state index in [4.69, 9.17) is 4.74 Å². The van der Waals surface area contributed by atoms with Gasteiger partial charge < -0.3 is 15.4 Å². The van der Waals surface area contributed by atoms with Gasteiger partial charge in [0.25, 0.3) is 0 Å². The Hall–Kier alpha value is 0.270. The summed E-state index contributed by atoms with van der Waals surface area (Å²) >= 11 is 2.09. The van der Waals surface area contributed by atoms with E-state index in [1.807, 2.05) is 7.05 Å². The first kappa shape index (κ1) is 23.5. The van der Waals surface area contributed by atoms with E-state index in [2.05, 4.69) is 32.3 Å². The van der Waals surface area contributed by atoms with Gasteiger partial charge in [-0.15, -0.1) is 24.0 Å². The van der Waals surface area contributed by atoms with Gasteiger partial charge in [0.15, 0.2) is 5.96 Å². The monoisotopic (exact) mass is 510 g/mol. The minimum absolute atomic E-state index is 0. The van der Waals surface area contributed by atoms with Crippen LogP contribution in [0.1, 0.15) is 51.4 Å². The molecule has 2 heterocycles. The lowest BCUT2D eigenvalue weighted by Gasteiger charge is -2.43. The number of ether oxygens (including phenoxy) is 1. The smallest absolute Gasteiger partial charge is 0.191 e. The fraction of sp³-hybridized carbons (Fsp3) is 0.950. The molecule has 3 fully saturated rings. The molecular weight excluding hydrogens is 471 g/mol. The van der Waals surface area contributed by atoms with Gasteiger partial charge in [0.2, 0.25) is 0 Å². The summed E-state index contributed by atoms with van der Waals surface area (Å²) in [7, 11) is 1.89. The van der Waals surface area contributed by atoms with Crippen LogP contribution in [0, 0.1) is 5.92 Å². The Labute approximate surface area is 187 Å². The van der Waals surface area contributed by atoms with Crippen LogP contribution < -0.4 is 10.6 Å². The van der Waals surface area contributed by atoms with E-state index in [1.54, 1.807) is 0 Å². The second-order valence-corrected chi connectivity index (χ2v) is 9.23.